The number of carbonyl (C=O) groups excluding carboxylic acids is 1. The number of hydrogen-bond donors (Lipinski definition) is 1. The maximum atomic E-state index is 11.9. The van der Waals surface area contributed by atoms with Crippen molar-refractivity contribution in [3.63, 3.8) is 0 Å². The zero-order chi connectivity index (χ0) is 17.9. The molecule has 1 amide bonds. The molecule has 0 heterocycles. The summed E-state index contributed by atoms with van der Waals surface area (Å²) in [6.07, 6.45) is 5.11. The van der Waals surface area contributed by atoms with Gasteiger partial charge < -0.3 is 14.8 Å². The van der Waals surface area contributed by atoms with Gasteiger partial charge in [0.05, 0.1) is 13.7 Å². The molecule has 0 aliphatic heterocycles. The first-order chi connectivity index (χ1) is 12.2. The first-order valence-corrected chi connectivity index (χ1v) is 8.53. The number of ether oxygens (including phenoxy) is 2. The van der Waals surface area contributed by atoms with Crippen molar-refractivity contribution in [1.29, 1.82) is 0 Å². The number of amides is 1. The molecule has 0 aromatic heterocycles. The second-order valence-corrected chi connectivity index (χ2v) is 5.55. The van der Waals surface area contributed by atoms with Gasteiger partial charge in [-0.05, 0) is 49.6 Å². The second kappa shape index (κ2) is 10.2. The van der Waals surface area contributed by atoms with Gasteiger partial charge in [-0.15, -0.1) is 0 Å². The number of methoxy groups -OCH3 is 1. The summed E-state index contributed by atoms with van der Waals surface area (Å²) in [5.74, 6) is 1.54. The molecule has 0 saturated heterocycles. The van der Waals surface area contributed by atoms with Crippen LogP contribution in [0.4, 0.5) is 0 Å². The van der Waals surface area contributed by atoms with Crippen LogP contribution in [0, 0.1) is 0 Å². The maximum Gasteiger partial charge on any atom is 0.244 e. The number of aryl methyl sites for hydroxylation is 1. The van der Waals surface area contributed by atoms with Crippen LogP contribution in [0.5, 0.6) is 11.5 Å². The average Bonchev–Trinajstić information content (AvgIpc) is 2.65. The Balaban J connectivity index is 1.72. The van der Waals surface area contributed by atoms with Crippen molar-refractivity contribution >= 4 is 12.0 Å². The minimum absolute atomic E-state index is 0.0994. The molecule has 0 radical (unpaired) electrons. The highest BCUT2D eigenvalue weighted by Gasteiger charge is 2.00. The van der Waals surface area contributed by atoms with Crippen molar-refractivity contribution in [3.05, 3.63) is 65.7 Å². The highest BCUT2D eigenvalue weighted by Crippen LogP contribution is 2.18. The third-order valence-electron chi connectivity index (χ3n) is 3.73. The summed E-state index contributed by atoms with van der Waals surface area (Å²) < 4.78 is 10.7. The lowest BCUT2D eigenvalue weighted by atomic mass is 10.1. The van der Waals surface area contributed by atoms with Gasteiger partial charge in [-0.1, -0.05) is 30.3 Å². The van der Waals surface area contributed by atoms with Gasteiger partial charge in [0, 0.05) is 18.2 Å². The fraction of sp³-hybridized carbons (Fsp3) is 0.286. The maximum absolute atomic E-state index is 11.9. The standard InChI is InChI=1S/C21H25NO3/c1-3-25-19-13-10-17(11-14-19)7-6-16-22-21(23)15-12-18-8-4-5-9-20(18)24-2/h4-5,8-15H,3,6-7,16H2,1-2H3,(H,22,23)/b15-12+. The summed E-state index contributed by atoms with van der Waals surface area (Å²) in [7, 11) is 1.62. The molecule has 0 aliphatic carbocycles. The van der Waals surface area contributed by atoms with E-state index < -0.39 is 0 Å². The zero-order valence-electron chi connectivity index (χ0n) is 14.8. The Morgan fingerprint density at radius 3 is 2.60 bits per heavy atom. The third-order valence-corrected chi connectivity index (χ3v) is 3.73. The smallest absolute Gasteiger partial charge is 0.244 e. The Morgan fingerprint density at radius 1 is 1.12 bits per heavy atom. The van der Waals surface area contributed by atoms with Gasteiger partial charge in [0.2, 0.25) is 5.91 Å². The van der Waals surface area contributed by atoms with Crippen LogP contribution in [0.3, 0.4) is 0 Å². The molecular weight excluding hydrogens is 314 g/mol. The van der Waals surface area contributed by atoms with Gasteiger partial charge >= 0.3 is 0 Å². The average molecular weight is 339 g/mol. The van der Waals surface area contributed by atoms with Crippen LogP contribution >= 0.6 is 0 Å². The van der Waals surface area contributed by atoms with E-state index in [1.807, 2.05) is 43.3 Å². The van der Waals surface area contributed by atoms with Crippen molar-refractivity contribution in [2.24, 2.45) is 0 Å². The van der Waals surface area contributed by atoms with Crippen LogP contribution in [0.1, 0.15) is 24.5 Å². The summed E-state index contributed by atoms with van der Waals surface area (Å²) in [5, 5.41) is 2.90. The molecule has 4 nitrogen and oxygen atoms in total. The van der Waals surface area contributed by atoms with E-state index in [0.717, 1.165) is 29.9 Å². The Bertz CT molecular complexity index is 693. The van der Waals surface area contributed by atoms with E-state index in [1.165, 1.54) is 11.6 Å². The molecule has 0 bridgehead atoms. The number of para-hydroxylation sites is 1. The minimum Gasteiger partial charge on any atom is -0.496 e. The molecular formula is C21H25NO3. The number of nitrogens with one attached hydrogen (secondary N) is 1. The lowest BCUT2D eigenvalue weighted by Gasteiger charge is -2.06. The van der Waals surface area contributed by atoms with Crippen LogP contribution < -0.4 is 14.8 Å². The molecule has 2 aromatic carbocycles. The quantitative estimate of drug-likeness (QED) is 0.557. The highest BCUT2D eigenvalue weighted by atomic mass is 16.5. The Morgan fingerprint density at radius 2 is 1.88 bits per heavy atom. The first kappa shape index (κ1) is 18.6. The van der Waals surface area contributed by atoms with Crippen molar-refractivity contribution < 1.29 is 14.3 Å². The molecule has 2 aromatic rings. The fourth-order valence-electron chi connectivity index (χ4n) is 2.45. The Kier molecular flexibility index (Phi) is 7.57. The van der Waals surface area contributed by atoms with Gasteiger partial charge in [0.1, 0.15) is 11.5 Å². The molecule has 0 fully saturated rings. The number of hydrogen-bond acceptors (Lipinski definition) is 3. The molecule has 4 heteroatoms. The van der Waals surface area contributed by atoms with Gasteiger partial charge in [-0.25, -0.2) is 0 Å². The summed E-state index contributed by atoms with van der Waals surface area (Å²) in [6.45, 7) is 3.29. The van der Waals surface area contributed by atoms with Crippen molar-refractivity contribution in [2.75, 3.05) is 20.3 Å². The van der Waals surface area contributed by atoms with Crippen LogP contribution in [0.15, 0.2) is 54.6 Å². The molecule has 25 heavy (non-hydrogen) atoms. The molecule has 0 atom stereocenters. The molecule has 1 N–H and O–H groups in total. The van der Waals surface area contributed by atoms with Gasteiger partial charge in [0.15, 0.2) is 0 Å². The predicted molar refractivity (Wildman–Crippen MR) is 101 cm³/mol. The summed E-state index contributed by atoms with van der Waals surface area (Å²) in [4.78, 5) is 11.9. The molecule has 0 aliphatic rings. The monoisotopic (exact) mass is 339 g/mol. The van der Waals surface area contributed by atoms with Crippen molar-refractivity contribution in [2.45, 2.75) is 19.8 Å². The lowest BCUT2D eigenvalue weighted by Crippen LogP contribution is -2.22. The van der Waals surface area contributed by atoms with Crippen LogP contribution in [-0.4, -0.2) is 26.2 Å². The van der Waals surface area contributed by atoms with E-state index in [0.29, 0.717) is 13.2 Å². The molecule has 132 valence electrons. The van der Waals surface area contributed by atoms with Crippen LogP contribution in [-0.2, 0) is 11.2 Å². The molecule has 2 rings (SSSR count). The minimum atomic E-state index is -0.0994. The summed E-state index contributed by atoms with van der Waals surface area (Å²) in [5.41, 5.74) is 2.12. The van der Waals surface area contributed by atoms with Crippen LogP contribution in [0.25, 0.3) is 6.08 Å². The van der Waals surface area contributed by atoms with E-state index in [4.69, 9.17) is 9.47 Å². The topological polar surface area (TPSA) is 47.6 Å². The molecule has 0 unspecified atom stereocenters. The van der Waals surface area contributed by atoms with E-state index in [9.17, 15) is 4.79 Å². The van der Waals surface area contributed by atoms with Crippen LogP contribution in [0.2, 0.25) is 0 Å². The Hall–Kier alpha value is -2.75. The number of benzene rings is 2. The van der Waals surface area contributed by atoms with Gasteiger partial charge in [-0.3, -0.25) is 4.79 Å². The SMILES string of the molecule is CCOc1ccc(CCCNC(=O)/C=C/c2ccccc2OC)cc1. The fourth-order valence-corrected chi connectivity index (χ4v) is 2.45. The number of rotatable bonds is 9. The van der Waals surface area contributed by atoms with Gasteiger partial charge in [-0.2, -0.15) is 0 Å². The van der Waals surface area contributed by atoms with E-state index in [2.05, 4.69) is 17.4 Å². The van der Waals surface area contributed by atoms with Gasteiger partial charge in [0.25, 0.3) is 0 Å². The highest BCUT2D eigenvalue weighted by molar-refractivity contribution is 5.92. The van der Waals surface area contributed by atoms with Crippen molar-refractivity contribution in [1.82, 2.24) is 5.32 Å². The largest absolute Gasteiger partial charge is 0.496 e. The lowest BCUT2D eigenvalue weighted by molar-refractivity contribution is -0.116. The summed E-state index contributed by atoms with van der Waals surface area (Å²) in [6, 6.07) is 15.7. The summed E-state index contributed by atoms with van der Waals surface area (Å²) >= 11 is 0. The second-order valence-electron chi connectivity index (χ2n) is 5.55. The molecule has 0 spiro atoms. The van der Waals surface area contributed by atoms with E-state index >= 15 is 0 Å². The van der Waals surface area contributed by atoms with Crippen molar-refractivity contribution in [3.8, 4) is 11.5 Å². The molecule has 0 saturated carbocycles. The predicted octanol–water partition coefficient (Wildman–Crippen LogP) is 3.86. The van der Waals surface area contributed by atoms with E-state index in [1.54, 1.807) is 13.2 Å². The zero-order valence-corrected chi connectivity index (χ0v) is 14.8. The third kappa shape index (κ3) is 6.34. The van der Waals surface area contributed by atoms with E-state index in [-0.39, 0.29) is 5.91 Å². The first-order valence-electron chi connectivity index (χ1n) is 8.53. The number of carbonyl (C=O) groups is 1. The Labute approximate surface area is 149 Å². The normalized spacial score (nSPS) is 10.6.